The summed E-state index contributed by atoms with van der Waals surface area (Å²) in [5, 5.41) is 10.0. The van der Waals surface area contributed by atoms with E-state index in [1.807, 2.05) is 17.9 Å². The predicted octanol–water partition coefficient (Wildman–Crippen LogP) is 3.21. The van der Waals surface area contributed by atoms with E-state index in [0.29, 0.717) is 49.8 Å². The number of hydrogen-bond donors (Lipinski definition) is 1. The van der Waals surface area contributed by atoms with Gasteiger partial charge in [-0.3, -0.25) is 4.90 Å². The summed E-state index contributed by atoms with van der Waals surface area (Å²) in [6.07, 6.45) is 0.699. The normalized spacial score (nSPS) is 26.2. The van der Waals surface area contributed by atoms with Gasteiger partial charge >= 0.3 is 6.18 Å². The van der Waals surface area contributed by atoms with Gasteiger partial charge in [-0.2, -0.15) is 17.5 Å². The number of rotatable bonds is 6. The molecule has 1 aromatic rings. The van der Waals surface area contributed by atoms with Crippen molar-refractivity contribution in [1.82, 2.24) is 9.21 Å². The summed E-state index contributed by atoms with van der Waals surface area (Å²) >= 11 is 5.33. The highest BCUT2D eigenvalue weighted by Crippen LogP contribution is 2.39. The topological polar surface area (TPSA) is 73.3 Å². The van der Waals surface area contributed by atoms with Crippen LogP contribution < -0.4 is 4.90 Å². The molecule has 12 heteroatoms. The van der Waals surface area contributed by atoms with Gasteiger partial charge < -0.3 is 14.7 Å². The van der Waals surface area contributed by atoms with Gasteiger partial charge in [0.25, 0.3) is 0 Å². The van der Waals surface area contributed by atoms with E-state index in [9.17, 15) is 26.7 Å². The van der Waals surface area contributed by atoms with Crippen molar-refractivity contribution in [2.75, 3.05) is 50.8 Å². The highest BCUT2D eigenvalue weighted by atomic mass is 32.2. The molecular formula is C25H32F3N3O4S2. The Labute approximate surface area is 221 Å². The number of ether oxygens (including phenoxy) is 1. The zero-order chi connectivity index (χ0) is 27.0. The number of halogens is 3. The summed E-state index contributed by atoms with van der Waals surface area (Å²) < 4.78 is 74.0. The molecule has 3 aliphatic rings. The number of thiocarbonyl (C=S) groups is 1. The van der Waals surface area contributed by atoms with Crippen molar-refractivity contribution < 1.29 is 31.4 Å². The fraction of sp³-hybridized carbons (Fsp3) is 0.560. The molecule has 1 aromatic carbocycles. The Kier molecular flexibility index (Phi) is 8.18. The van der Waals surface area contributed by atoms with Crippen LogP contribution in [0.4, 0.5) is 18.9 Å². The summed E-state index contributed by atoms with van der Waals surface area (Å²) in [6.45, 7) is 6.03. The Morgan fingerprint density at radius 2 is 1.84 bits per heavy atom. The molecule has 37 heavy (non-hydrogen) atoms. The number of anilines is 1. The number of nitrogens with zero attached hydrogens (tertiary/aromatic N) is 3. The maximum Gasteiger partial charge on any atom is 0.421 e. The van der Waals surface area contributed by atoms with E-state index in [1.54, 1.807) is 18.2 Å². The van der Waals surface area contributed by atoms with Crippen LogP contribution >= 0.6 is 12.2 Å². The van der Waals surface area contributed by atoms with Gasteiger partial charge in [0.1, 0.15) is 0 Å². The lowest BCUT2D eigenvalue weighted by molar-refractivity contribution is -0.258. The third-order valence-electron chi connectivity index (χ3n) is 7.13. The molecule has 0 radical (unpaired) electrons. The van der Waals surface area contributed by atoms with Gasteiger partial charge in [-0.05, 0) is 37.6 Å². The van der Waals surface area contributed by atoms with E-state index in [1.165, 1.54) is 22.5 Å². The first kappa shape index (κ1) is 28.2. The minimum atomic E-state index is -4.81. The molecule has 1 aliphatic carbocycles. The molecule has 0 amide bonds. The van der Waals surface area contributed by atoms with Crippen LogP contribution in [0.3, 0.4) is 0 Å². The van der Waals surface area contributed by atoms with Gasteiger partial charge in [0.05, 0.1) is 23.7 Å². The fourth-order valence-electron chi connectivity index (χ4n) is 4.93. The Morgan fingerprint density at radius 3 is 2.46 bits per heavy atom. The Hall–Kier alpha value is -1.83. The lowest BCUT2D eigenvalue weighted by Gasteiger charge is -2.45. The third kappa shape index (κ3) is 5.94. The average molecular weight is 560 g/mol. The fourth-order valence-corrected chi connectivity index (χ4v) is 7.00. The minimum Gasteiger partial charge on any atom is -0.376 e. The zero-order valence-electron chi connectivity index (χ0n) is 20.8. The second-order valence-electron chi connectivity index (χ2n) is 9.85. The van der Waals surface area contributed by atoms with Crippen LogP contribution in [0.25, 0.3) is 0 Å². The number of hydrogen-bond acceptors (Lipinski definition) is 7. The first-order chi connectivity index (χ1) is 17.3. The molecular weight excluding hydrogens is 527 g/mol. The van der Waals surface area contributed by atoms with Crippen molar-refractivity contribution in [2.45, 2.75) is 44.2 Å². The predicted molar refractivity (Wildman–Crippen MR) is 140 cm³/mol. The standard InChI is InChI=1S/C25H32F3N3O4S2/c1-18-15-29(13-14-35-18)16-21-17-30(37(33,34)23-6-4-3-5-22(23)36)11-12-31(21)20-9-7-19(8-10-20)24(2,32)25(26,27)28/h3-4,6-10,18,21,32H,5,11-17H2,1-2H3. The molecule has 3 unspecified atom stereocenters. The molecule has 2 fully saturated rings. The smallest absolute Gasteiger partial charge is 0.376 e. The number of piperazine rings is 1. The first-order valence-corrected chi connectivity index (χ1v) is 14.1. The average Bonchev–Trinajstić information content (AvgIpc) is 2.83. The molecule has 1 N–H and O–H groups in total. The SMILES string of the molecule is CC1CN(CC2CN(S(=O)(=O)C3=CC=CCC3=S)CCN2c2ccc(C(C)(O)C(F)(F)F)cc2)CCO1. The number of alkyl halides is 3. The second-order valence-corrected chi connectivity index (χ2v) is 12.3. The highest BCUT2D eigenvalue weighted by Gasteiger charge is 2.51. The largest absolute Gasteiger partial charge is 0.421 e. The van der Waals surface area contributed by atoms with Crippen molar-refractivity contribution in [1.29, 1.82) is 0 Å². The number of benzene rings is 1. The van der Waals surface area contributed by atoms with E-state index >= 15 is 0 Å². The van der Waals surface area contributed by atoms with Crippen LogP contribution in [-0.2, 0) is 20.4 Å². The number of sulfonamides is 1. The summed E-state index contributed by atoms with van der Waals surface area (Å²) in [4.78, 5) is 4.79. The van der Waals surface area contributed by atoms with Crippen LogP contribution in [0.1, 0.15) is 25.8 Å². The molecule has 3 atom stereocenters. The number of allylic oxidation sites excluding steroid dienone is 4. The maximum absolute atomic E-state index is 13.5. The van der Waals surface area contributed by atoms with E-state index < -0.39 is 21.8 Å². The monoisotopic (exact) mass is 559 g/mol. The Bertz CT molecular complexity index is 1170. The minimum absolute atomic E-state index is 0.0473. The molecule has 2 aliphatic heterocycles. The Balaban J connectivity index is 1.60. The molecule has 4 rings (SSSR count). The summed E-state index contributed by atoms with van der Waals surface area (Å²) in [7, 11) is -3.79. The van der Waals surface area contributed by atoms with Crippen molar-refractivity contribution in [3.63, 3.8) is 0 Å². The van der Waals surface area contributed by atoms with Gasteiger partial charge in [-0.25, -0.2) is 8.42 Å². The highest BCUT2D eigenvalue weighted by molar-refractivity contribution is 7.96. The summed E-state index contributed by atoms with van der Waals surface area (Å²) in [5.41, 5.74) is -2.56. The van der Waals surface area contributed by atoms with Crippen LogP contribution in [0, 0.1) is 0 Å². The van der Waals surface area contributed by atoms with Gasteiger partial charge in [0.15, 0.2) is 5.60 Å². The Morgan fingerprint density at radius 1 is 1.14 bits per heavy atom. The molecule has 2 saturated heterocycles. The summed E-state index contributed by atoms with van der Waals surface area (Å²) in [5.74, 6) is 0. The third-order valence-corrected chi connectivity index (χ3v) is 9.60. The van der Waals surface area contributed by atoms with Crippen molar-refractivity contribution in [3.8, 4) is 0 Å². The number of morpholine rings is 1. The molecule has 204 valence electrons. The van der Waals surface area contributed by atoms with Gasteiger partial charge in [-0.1, -0.05) is 36.5 Å². The molecule has 0 saturated carbocycles. The van der Waals surface area contributed by atoms with Crippen LogP contribution in [0.5, 0.6) is 0 Å². The first-order valence-electron chi connectivity index (χ1n) is 12.2. The van der Waals surface area contributed by atoms with Crippen LogP contribution in [0.2, 0.25) is 0 Å². The van der Waals surface area contributed by atoms with Gasteiger partial charge in [-0.15, -0.1) is 0 Å². The molecule has 7 nitrogen and oxygen atoms in total. The van der Waals surface area contributed by atoms with Gasteiger partial charge in [0, 0.05) is 56.2 Å². The van der Waals surface area contributed by atoms with Crippen molar-refractivity contribution >= 4 is 32.8 Å². The lowest BCUT2D eigenvalue weighted by atomic mass is 9.95. The molecule has 0 aromatic heterocycles. The van der Waals surface area contributed by atoms with Crippen LogP contribution in [0.15, 0.2) is 47.4 Å². The quantitative estimate of drug-likeness (QED) is 0.537. The van der Waals surface area contributed by atoms with E-state index in [-0.39, 0.29) is 35.7 Å². The van der Waals surface area contributed by atoms with Gasteiger partial charge in [0.2, 0.25) is 10.0 Å². The van der Waals surface area contributed by atoms with E-state index in [0.717, 1.165) is 6.92 Å². The lowest BCUT2D eigenvalue weighted by Crippen LogP contribution is -2.59. The molecule has 0 spiro atoms. The number of aliphatic hydroxyl groups is 1. The second kappa shape index (κ2) is 10.7. The van der Waals surface area contributed by atoms with Crippen LogP contribution in [-0.4, -0.2) is 91.8 Å². The maximum atomic E-state index is 13.5. The zero-order valence-corrected chi connectivity index (χ0v) is 22.4. The van der Waals surface area contributed by atoms with Crippen molar-refractivity contribution in [3.05, 3.63) is 53.0 Å². The van der Waals surface area contributed by atoms with E-state index in [4.69, 9.17) is 17.0 Å². The molecule has 0 bridgehead atoms. The summed E-state index contributed by atoms with van der Waals surface area (Å²) in [6, 6.07) is 5.40. The van der Waals surface area contributed by atoms with Crippen molar-refractivity contribution in [2.24, 2.45) is 0 Å². The molecule has 2 heterocycles. The van der Waals surface area contributed by atoms with E-state index in [2.05, 4.69) is 4.90 Å².